The Morgan fingerprint density at radius 2 is 1.66 bits per heavy atom. The van der Waals surface area contributed by atoms with Gasteiger partial charge in [0.2, 0.25) is 16.0 Å². The van der Waals surface area contributed by atoms with E-state index in [2.05, 4.69) is 9.88 Å². The van der Waals surface area contributed by atoms with Crippen LogP contribution >= 0.6 is 11.6 Å². The molecule has 0 bridgehead atoms. The number of hydrogen-bond acceptors (Lipinski definition) is 6. The lowest BCUT2D eigenvalue weighted by Crippen LogP contribution is -2.49. The number of rotatable bonds is 4. The second-order valence-corrected chi connectivity index (χ2v) is 9.67. The molecule has 2 aromatic rings. The van der Waals surface area contributed by atoms with Crippen molar-refractivity contribution in [3.63, 3.8) is 0 Å². The van der Waals surface area contributed by atoms with Crippen molar-refractivity contribution in [1.82, 2.24) is 14.3 Å². The maximum Gasteiger partial charge on any atom is 0.243 e. The summed E-state index contributed by atoms with van der Waals surface area (Å²) >= 11 is 5.76. The Morgan fingerprint density at radius 3 is 2.31 bits per heavy atom. The Labute approximate surface area is 175 Å². The van der Waals surface area contributed by atoms with Crippen LogP contribution in [0.3, 0.4) is 0 Å². The summed E-state index contributed by atoms with van der Waals surface area (Å²) in [6.07, 6.45) is 2.34. The van der Waals surface area contributed by atoms with Crippen LogP contribution in [0.2, 0.25) is 5.02 Å². The maximum absolute atomic E-state index is 13.4. The van der Waals surface area contributed by atoms with Crippen LogP contribution < -0.4 is 9.80 Å². The summed E-state index contributed by atoms with van der Waals surface area (Å²) in [5.41, 5.74) is 0.896. The molecule has 7 nitrogen and oxygen atoms in total. The topological polar surface area (TPSA) is 69.6 Å². The Bertz CT molecular complexity index is 1010. The van der Waals surface area contributed by atoms with E-state index in [-0.39, 0.29) is 9.92 Å². The molecule has 0 aliphatic carbocycles. The molecule has 2 aliphatic rings. The van der Waals surface area contributed by atoms with Crippen LogP contribution in [-0.4, -0.2) is 62.0 Å². The molecule has 1 aromatic heterocycles. The number of hydrogen-bond donors (Lipinski definition) is 0. The molecule has 156 valence electrons. The second-order valence-electron chi connectivity index (χ2n) is 7.33. The predicted octanol–water partition coefficient (Wildman–Crippen LogP) is 2.69. The highest BCUT2D eigenvalue weighted by molar-refractivity contribution is 7.89. The van der Waals surface area contributed by atoms with Crippen LogP contribution in [0.4, 0.5) is 16.2 Å². The first-order valence-electron chi connectivity index (χ1n) is 9.65. The summed E-state index contributed by atoms with van der Waals surface area (Å²) in [6.45, 7) is 5.52. The number of nitrogens with zero attached hydrogens (tertiary/aromatic N) is 5. The fraction of sp³-hybridized carbons (Fsp3) is 0.474. The molecule has 1 aromatic carbocycles. The van der Waals surface area contributed by atoms with Gasteiger partial charge in [0.05, 0.1) is 9.92 Å². The fourth-order valence-electron chi connectivity index (χ4n) is 3.70. The zero-order valence-corrected chi connectivity index (χ0v) is 17.8. The van der Waals surface area contributed by atoms with Crippen LogP contribution in [0.5, 0.6) is 0 Å². The van der Waals surface area contributed by atoms with Gasteiger partial charge in [-0.25, -0.2) is 17.8 Å². The summed E-state index contributed by atoms with van der Waals surface area (Å²) in [5.74, 6) is 0.926. The first-order valence-corrected chi connectivity index (χ1v) is 11.5. The lowest BCUT2D eigenvalue weighted by molar-refractivity contribution is 0.382. The van der Waals surface area contributed by atoms with Crippen molar-refractivity contribution < 1.29 is 12.8 Å². The normalized spacial score (nSPS) is 18.4. The van der Waals surface area contributed by atoms with Crippen LogP contribution in [0.1, 0.15) is 18.5 Å². The molecule has 10 heteroatoms. The first-order chi connectivity index (χ1) is 13.8. The molecule has 0 radical (unpaired) electrons. The van der Waals surface area contributed by atoms with Gasteiger partial charge in [0, 0.05) is 51.0 Å². The highest BCUT2D eigenvalue weighted by Crippen LogP contribution is 2.25. The number of halogens is 2. The number of sulfonamides is 1. The Morgan fingerprint density at radius 1 is 0.966 bits per heavy atom. The molecule has 2 fully saturated rings. The molecular formula is C19H23ClFN5O2S. The average molecular weight is 440 g/mol. The zero-order valence-electron chi connectivity index (χ0n) is 16.2. The summed E-state index contributed by atoms with van der Waals surface area (Å²) in [6, 6.07) is 5.47. The number of piperazine rings is 1. The molecule has 29 heavy (non-hydrogen) atoms. The van der Waals surface area contributed by atoms with Gasteiger partial charge in [0.25, 0.3) is 0 Å². The van der Waals surface area contributed by atoms with Gasteiger partial charge in [-0.1, -0.05) is 11.6 Å². The minimum atomic E-state index is -3.73. The Balaban J connectivity index is 1.48. The predicted molar refractivity (Wildman–Crippen MR) is 111 cm³/mol. The molecule has 0 unspecified atom stereocenters. The average Bonchev–Trinajstić information content (AvgIpc) is 3.24. The Kier molecular flexibility index (Phi) is 5.63. The highest BCUT2D eigenvalue weighted by atomic mass is 35.5. The van der Waals surface area contributed by atoms with Crippen molar-refractivity contribution in [1.29, 1.82) is 0 Å². The van der Waals surface area contributed by atoms with E-state index in [1.165, 1.54) is 23.2 Å². The highest BCUT2D eigenvalue weighted by Gasteiger charge is 2.30. The van der Waals surface area contributed by atoms with Crippen molar-refractivity contribution >= 4 is 33.4 Å². The van der Waals surface area contributed by atoms with Gasteiger partial charge in [0.1, 0.15) is 11.6 Å². The third-order valence-electron chi connectivity index (χ3n) is 5.31. The van der Waals surface area contributed by atoms with Crippen molar-refractivity contribution in [2.24, 2.45) is 0 Å². The van der Waals surface area contributed by atoms with E-state index >= 15 is 0 Å². The van der Waals surface area contributed by atoms with E-state index in [4.69, 9.17) is 16.6 Å². The van der Waals surface area contributed by atoms with Gasteiger partial charge >= 0.3 is 0 Å². The molecule has 4 rings (SSSR count). The van der Waals surface area contributed by atoms with Gasteiger partial charge in [-0.15, -0.1) is 0 Å². The summed E-state index contributed by atoms with van der Waals surface area (Å²) < 4.78 is 40.5. The number of aromatic nitrogens is 2. The van der Waals surface area contributed by atoms with E-state index in [1.54, 1.807) is 0 Å². The summed E-state index contributed by atoms with van der Waals surface area (Å²) in [4.78, 5) is 13.5. The third-order valence-corrected chi connectivity index (χ3v) is 7.49. The first kappa shape index (κ1) is 20.3. The lowest BCUT2D eigenvalue weighted by Gasteiger charge is -2.34. The number of aryl methyl sites for hydroxylation is 1. The van der Waals surface area contributed by atoms with Crippen LogP contribution in [0.25, 0.3) is 0 Å². The van der Waals surface area contributed by atoms with E-state index in [0.717, 1.165) is 36.7 Å². The molecule has 0 spiro atoms. The molecule has 0 amide bonds. The molecule has 0 saturated carbocycles. The zero-order chi connectivity index (χ0) is 20.6. The maximum atomic E-state index is 13.4. The minimum Gasteiger partial charge on any atom is -0.356 e. The summed E-state index contributed by atoms with van der Waals surface area (Å²) in [7, 11) is -3.73. The van der Waals surface area contributed by atoms with E-state index in [0.29, 0.717) is 32.1 Å². The van der Waals surface area contributed by atoms with Crippen LogP contribution in [0.15, 0.2) is 29.2 Å². The van der Waals surface area contributed by atoms with Gasteiger partial charge in [-0.05, 0) is 38.0 Å². The third kappa shape index (κ3) is 4.17. The van der Waals surface area contributed by atoms with Gasteiger partial charge < -0.3 is 9.80 Å². The Hall–Kier alpha value is -1.97. The number of benzene rings is 1. The summed E-state index contributed by atoms with van der Waals surface area (Å²) in [5, 5.41) is -0.202. The van der Waals surface area contributed by atoms with Gasteiger partial charge in [-0.2, -0.15) is 9.29 Å². The van der Waals surface area contributed by atoms with Crippen molar-refractivity contribution in [3.05, 3.63) is 40.8 Å². The molecule has 2 saturated heterocycles. The standard InChI is InChI=1S/C19H23ClFN5O2S/c1-14-12-18(24-6-2-3-7-24)23-19(22-14)25-8-10-26(11-9-25)29(27,28)15-4-5-17(21)16(20)13-15/h4-5,12-13H,2-3,6-11H2,1H3. The van der Waals surface area contributed by atoms with Crippen molar-refractivity contribution in [3.8, 4) is 0 Å². The monoisotopic (exact) mass is 439 g/mol. The quantitative estimate of drug-likeness (QED) is 0.729. The van der Waals surface area contributed by atoms with Crippen molar-refractivity contribution in [2.75, 3.05) is 49.1 Å². The minimum absolute atomic E-state index is 0.000440. The smallest absolute Gasteiger partial charge is 0.243 e. The van der Waals surface area contributed by atoms with E-state index in [9.17, 15) is 12.8 Å². The molecule has 0 atom stereocenters. The van der Waals surface area contributed by atoms with Crippen LogP contribution in [0, 0.1) is 12.7 Å². The largest absolute Gasteiger partial charge is 0.356 e. The second kappa shape index (κ2) is 8.04. The van der Waals surface area contributed by atoms with Crippen molar-refractivity contribution in [2.45, 2.75) is 24.7 Å². The van der Waals surface area contributed by atoms with E-state index < -0.39 is 15.8 Å². The fourth-order valence-corrected chi connectivity index (χ4v) is 5.40. The van der Waals surface area contributed by atoms with Gasteiger partial charge in [-0.3, -0.25) is 0 Å². The van der Waals surface area contributed by atoms with Crippen LogP contribution in [-0.2, 0) is 10.0 Å². The molecule has 2 aliphatic heterocycles. The SMILES string of the molecule is Cc1cc(N2CCCC2)nc(N2CCN(S(=O)(=O)c3ccc(F)c(Cl)c3)CC2)n1. The van der Waals surface area contributed by atoms with Gasteiger partial charge in [0.15, 0.2) is 0 Å². The molecule has 3 heterocycles. The number of anilines is 2. The molecule has 0 N–H and O–H groups in total. The lowest BCUT2D eigenvalue weighted by atomic mass is 10.3. The van der Waals surface area contributed by atoms with E-state index in [1.807, 2.05) is 17.9 Å². The molecular weight excluding hydrogens is 417 g/mol.